The fraction of sp³-hybridized carbons (Fsp3) is 0.273. The standard InChI is InChI=1S/C22H24N6O3/c1-2-31-19-15-24-20(27-21(19)28-11-13-30-14-12-28)16-3-5-17(6-4-16)25-22(29)26-18-7-9-23-10-8-18/h3-10,15H,2,11-14H2,1H3,(H2,23,25,26,29). The number of carbonyl (C=O) groups excluding carboxylic acids is 1. The molecule has 0 bridgehead atoms. The number of ether oxygens (including phenoxy) is 2. The minimum Gasteiger partial charge on any atom is -0.488 e. The van der Waals surface area contributed by atoms with Crippen LogP contribution in [0.25, 0.3) is 11.4 Å². The van der Waals surface area contributed by atoms with Crippen molar-refractivity contribution in [3.63, 3.8) is 0 Å². The number of pyridine rings is 1. The third-order valence-electron chi connectivity index (χ3n) is 4.69. The highest BCUT2D eigenvalue weighted by Gasteiger charge is 2.19. The molecule has 160 valence electrons. The van der Waals surface area contributed by atoms with Gasteiger partial charge < -0.3 is 25.0 Å². The predicted octanol–water partition coefficient (Wildman–Crippen LogP) is 3.42. The SMILES string of the molecule is CCOc1cnc(-c2ccc(NC(=O)Nc3ccncc3)cc2)nc1N1CCOCC1. The summed E-state index contributed by atoms with van der Waals surface area (Å²) in [5.41, 5.74) is 2.18. The molecule has 3 aromatic rings. The molecule has 4 rings (SSSR count). The summed E-state index contributed by atoms with van der Waals surface area (Å²) in [5.74, 6) is 2.03. The number of anilines is 3. The molecule has 2 amide bonds. The molecule has 9 heteroatoms. The van der Waals surface area contributed by atoms with Crippen LogP contribution < -0.4 is 20.3 Å². The maximum atomic E-state index is 12.2. The summed E-state index contributed by atoms with van der Waals surface area (Å²) in [6.07, 6.45) is 4.95. The van der Waals surface area contributed by atoms with Crippen LogP contribution in [0.2, 0.25) is 0 Å². The van der Waals surface area contributed by atoms with Crippen LogP contribution in [0.3, 0.4) is 0 Å². The smallest absolute Gasteiger partial charge is 0.323 e. The maximum absolute atomic E-state index is 12.2. The van der Waals surface area contributed by atoms with Crippen LogP contribution >= 0.6 is 0 Å². The summed E-state index contributed by atoms with van der Waals surface area (Å²) >= 11 is 0. The Morgan fingerprint density at radius 2 is 1.74 bits per heavy atom. The Labute approximate surface area is 180 Å². The lowest BCUT2D eigenvalue weighted by Crippen LogP contribution is -2.37. The van der Waals surface area contributed by atoms with Crippen LogP contribution in [0.15, 0.2) is 55.0 Å². The molecule has 1 aromatic carbocycles. The third-order valence-corrected chi connectivity index (χ3v) is 4.69. The first-order valence-electron chi connectivity index (χ1n) is 10.1. The highest BCUT2D eigenvalue weighted by atomic mass is 16.5. The molecule has 3 heterocycles. The highest BCUT2D eigenvalue weighted by molar-refractivity contribution is 5.99. The number of carbonyl (C=O) groups is 1. The lowest BCUT2D eigenvalue weighted by molar-refractivity contribution is 0.122. The predicted molar refractivity (Wildman–Crippen MR) is 119 cm³/mol. The molecular formula is C22H24N6O3. The minimum absolute atomic E-state index is 0.328. The molecule has 1 fully saturated rings. The van der Waals surface area contributed by atoms with E-state index in [1.54, 1.807) is 30.7 Å². The molecule has 1 aliphatic rings. The molecule has 1 aliphatic heterocycles. The number of amides is 2. The fourth-order valence-corrected chi connectivity index (χ4v) is 3.19. The second-order valence-corrected chi connectivity index (χ2v) is 6.81. The van der Waals surface area contributed by atoms with E-state index in [-0.39, 0.29) is 6.03 Å². The van der Waals surface area contributed by atoms with Crippen molar-refractivity contribution in [2.24, 2.45) is 0 Å². The second kappa shape index (κ2) is 9.86. The summed E-state index contributed by atoms with van der Waals surface area (Å²) in [4.78, 5) is 27.5. The van der Waals surface area contributed by atoms with Crippen molar-refractivity contribution in [1.29, 1.82) is 0 Å². The molecule has 2 N–H and O–H groups in total. The van der Waals surface area contributed by atoms with Gasteiger partial charge in [-0.05, 0) is 43.3 Å². The van der Waals surface area contributed by atoms with Crippen molar-refractivity contribution < 1.29 is 14.3 Å². The van der Waals surface area contributed by atoms with Crippen LogP contribution in [0.1, 0.15) is 6.92 Å². The van der Waals surface area contributed by atoms with Crippen LogP contribution in [0.4, 0.5) is 22.0 Å². The summed E-state index contributed by atoms with van der Waals surface area (Å²) < 4.78 is 11.2. The number of hydrogen-bond donors (Lipinski definition) is 2. The fourth-order valence-electron chi connectivity index (χ4n) is 3.19. The van der Waals surface area contributed by atoms with E-state index < -0.39 is 0 Å². The van der Waals surface area contributed by atoms with Gasteiger partial charge >= 0.3 is 6.03 Å². The van der Waals surface area contributed by atoms with Gasteiger partial charge in [0.25, 0.3) is 0 Å². The van der Waals surface area contributed by atoms with Gasteiger partial charge in [0.2, 0.25) is 0 Å². The van der Waals surface area contributed by atoms with E-state index in [0.717, 1.165) is 24.5 Å². The molecule has 1 saturated heterocycles. The van der Waals surface area contributed by atoms with Crippen molar-refractivity contribution in [3.8, 4) is 17.1 Å². The second-order valence-electron chi connectivity index (χ2n) is 6.81. The monoisotopic (exact) mass is 420 g/mol. The number of aromatic nitrogens is 3. The summed E-state index contributed by atoms with van der Waals surface area (Å²) in [5, 5.41) is 5.56. The van der Waals surface area contributed by atoms with E-state index in [1.807, 2.05) is 31.2 Å². The van der Waals surface area contributed by atoms with Gasteiger partial charge in [0.15, 0.2) is 17.4 Å². The van der Waals surface area contributed by atoms with Gasteiger partial charge in [0.05, 0.1) is 26.0 Å². The van der Waals surface area contributed by atoms with Crippen molar-refractivity contribution >= 4 is 23.2 Å². The highest BCUT2D eigenvalue weighted by Crippen LogP contribution is 2.29. The van der Waals surface area contributed by atoms with Gasteiger partial charge in [-0.1, -0.05) is 0 Å². The van der Waals surface area contributed by atoms with Gasteiger partial charge in [0, 0.05) is 42.4 Å². The average molecular weight is 420 g/mol. The van der Waals surface area contributed by atoms with Gasteiger partial charge in [-0.25, -0.2) is 14.8 Å². The normalized spacial score (nSPS) is 13.5. The topological polar surface area (TPSA) is 102 Å². The zero-order chi connectivity index (χ0) is 21.5. The first-order valence-corrected chi connectivity index (χ1v) is 10.1. The van der Waals surface area contributed by atoms with E-state index in [0.29, 0.717) is 42.8 Å². The average Bonchev–Trinajstić information content (AvgIpc) is 2.81. The van der Waals surface area contributed by atoms with Gasteiger partial charge in [-0.3, -0.25) is 4.98 Å². The Balaban J connectivity index is 1.48. The Morgan fingerprint density at radius 1 is 1.06 bits per heavy atom. The molecular weight excluding hydrogens is 396 g/mol. The van der Waals surface area contributed by atoms with E-state index in [9.17, 15) is 4.79 Å². The largest absolute Gasteiger partial charge is 0.488 e. The maximum Gasteiger partial charge on any atom is 0.323 e. The van der Waals surface area contributed by atoms with E-state index in [1.165, 1.54) is 0 Å². The van der Waals surface area contributed by atoms with Crippen LogP contribution in [-0.2, 0) is 4.74 Å². The quantitative estimate of drug-likeness (QED) is 0.630. The van der Waals surface area contributed by atoms with Crippen LogP contribution in [0, 0.1) is 0 Å². The first kappa shape index (κ1) is 20.5. The van der Waals surface area contributed by atoms with E-state index >= 15 is 0 Å². The van der Waals surface area contributed by atoms with Crippen molar-refractivity contribution in [2.45, 2.75) is 6.92 Å². The Kier molecular flexibility index (Phi) is 6.53. The summed E-state index contributed by atoms with van der Waals surface area (Å²) in [7, 11) is 0. The molecule has 31 heavy (non-hydrogen) atoms. The lowest BCUT2D eigenvalue weighted by Gasteiger charge is -2.29. The number of rotatable bonds is 6. The lowest BCUT2D eigenvalue weighted by atomic mass is 10.2. The molecule has 0 unspecified atom stereocenters. The number of benzene rings is 1. The van der Waals surface area contributed by atoms with Gasteiger partial charge in [-0.15, -0.1) is 0 Å². The van der Waals surface area contributed by atoms with E-state index in [4.69, 9.17) is 14.5 Å². The molecule has 2 aromatic heterocycles. The van der Waals surface area contributed by atoms with Crippen LogP contribution in [-0.4, -0.2) is 53.9 Å². The molecule has 0 spiro atoms. The zero-order valence-electron chi connectivity index (χ0n) is 17.2. The summed E-state index contributed by atoms with van der Waals surface area (Å²) in [6.45, 7) is 5.31. The zero-order valence-corrected chi connectivity index (χ0v) is 17.2. The molecule has 0 saturated carbocycles. The molecule has 0 aliphatic carbocycles. The Morgan fingerprint density at radius 3 is 2.42 bits per heavy atom. The number of nitrogens with zero attached hydrogens (tertiary/aromatic N) is 4. The number of hydrogen-bond acceptors (Lipinski definition) is 7. The van der Waals surface area contributed by atoms with Gasteiger partial charge in [-0.2, -0.15) is 0 Å². The minimum atomic E-state index is -0.328. The number of morpholine rings is 1. The van der Waals surface area contributed by atoms with Crippen LogP contribution in [0.5, 0.6) is 5.75 Å². The summed E-state index contributed by atoms with van der Waals surface area (Å²) in [6, 6.07) is 10.5. The van der Waals surface area contributed by atoms with Crippen molar-refractivity contribution in [2.75, 3.05) is 48.4 Å². The Bertz CT molecular complexity index is 1010. The molecule has 0 radical (unpaired) electrons. The number of urea groups is 1. The third kappa shape index (κ3) is 5.26. The van der Waals surface area contributed by atoms with Crippen molar-refractivity contribution in [1.82, 2.24) is 15.0 Å². The molecule has 0 atom stereocenters. The van der Waals surface area contributed by atoms with E-state index in [2.05, 4.69) is 25.5 Å². The first-order chi connectivity index (χ1) is 15.2. The Hall–Kier alpha value is -3.72. The van der Waals surface area contributed by atoms with Gasteiger partial charge in [0.1, 0.15) is 0 Å². The number of nitrogens with one attached hydrogen (secondary N) is 2. The van der Waals surface area contributed by atoms with Crippen molar-refractivity contribution in [3.05, 3.63) is 55.0 Å². The molecule has 9 nitrogen and oxygen atoms in total.